The third kappa shape index (κ3) is 3.22. The first-order chi connectivity index (χ1) is 10.5. The first kappa shape index (κ1) is 16.0. The number of halogens is 1. The van der Waals surface area contributed by atoms with Gasteiger partial charge in [0.15, 0.2) is 9.84 Å². The third-order valence-corrected chi connectivity index (χ3v) is 8.13. The lowest BCUT2D eigenvalue weighted by Crippen LogP contribution is -2.33. The maximum absolute atomic E-state index is 12.5. The van der Waals surface area contributed by atoms with Crippen LogP contribution in [0.1, 0.15) is 26.2 Å². The van der Waals surface area contributed by atoms with Gasteiger partial charge in [0.2, 0.25) is 0 Å². The Kier molecular flexibility index (Phi) is 4.59. The van der Waals surface area contributed by atoms with E-state index in [1.807, 2.05) is 17.5 Å². The molecule has 0 aromatic carbocycles. The Balaban J connectivity index is 1.80. The summed E-state index contributed by atoms with van der Waals surface area (Å²) < 4.78 is 25.5. The quantitative estimate of drug-likeness (QED) is 0.807. The lowest BCUT2D eigenvalue weighted by atomic mass is 10.2. The first-order valence-corrected chi connectivity index (χ1v) is 10.6. The van der Waals surface area contributed by atoms with Gasteiger partial charge in [0, 0.05) is 18.0 Å². The maximum atomic E-state index is 12.5. The van der Waals surface area contributed by atoms with Crippen molar-refractivity contribution >= 4 is 50.0 Å². The van der Waals surface area contributed by atoms with Crippen molar-refractivity contribution in [2.24, 2.45) is 0 Å². The van der Waals surface area contributed by atoms with Gasteiger partial charge in [-0.2, -0.15) is 0 Å². The number of thiophene rings is 2. The minimum absolute atomic E-state index is 0.000411. The van der Waals surface area contributed by atoms with Crippen LogP contribution in [0, 0.1) is 0 Å². The van der Waals surface area contributed by atoms with Crippen molar-refractivity contribution in [2.75, 3.05) is 18.8 Å². The highest BCUT2D eigenvalue weighted by Gasteiger charge is 2.33. The van der Waals surface area contributed by atoms with Crippen LogP contribution in [0.25, 0.3) is 0 Å². The largest absolute Gasteiger partial charge is 0.337 e. The van der Waals surface area contributed by atoms with Crippen molar-refractivity contribution in [3.05, 3.63) is 43.7 Å². The van der Waals surface area contributed by atoms with Gasteiger partial charge in [-0.05, 0) is 30.0 Å². The van der Waals surface area contributed by atoms with Crippen LogP contribution < -0.4 is 0 Å². The van der Waals surface area contributed by atoms with Gasteiger partial charge >= 0.3 is 0 Å². The molecule has 0 radical (unpaired) electrons. The van der Waals surface area contributed by atoms with Gasteiger partial charge in [-0.1, -0.05) is 17.7 Å². The number of hydrogen-bond donors (Lipinski definition) is 0. The summed E-state index contributed by atoms with van der Waals surface area (Å²) in [5.74, 6) is -0.139. The maximum Gasteiger partial charge on any atom is 0.264 e. The van der Waals surface area contributed by atoms with Crippen LogP contribution in [-0.4, -0.2) is 38.1 Å². The summed E-state index contributed by atoms with van der Waals surface area (Å²) in [5, 5.41) is 1.38. The fraction of sp³-hybridized carbons (Fsp3) is 0.357. The molecule has 3 rings (SSSR count). The Morgan fingerprint density at radius 3 is 2.73 bits per heavy atom. The zero-order valence-electron chi connectivity index (χ0n) is 11.6. The Morgan fingerprint density at radius 2 is 2.09 bits per heavy atom. The fourth-order valence-corrected chi connectivity index (χ4v) is 6.54. The van der Waals surface area contributed by atoms with E-state index in [-0.39, 0.29) is 18.2 Å². The summed E-state index contributed by atoms with van der Waals surface area (Å²) >= 11 is 8.54. The van der Waals surface area contributed by atoms with Gasteiger partial charge in [0.05, 0.1) is 20.2 Å². The first-order valence-electron chi connectivity index (χ1n) is 6.77. The molecule has 0 N–H and O–H groups in total. The van der Waals surface area contributed by atoms with Crippen molar-refractivity contribution < 1.29 is 13.2 Å². The molecule has 1 aliphatic heterocycles. The molecular weight excluding hydrogens is 362 g/mol. The summed E-state index contributed by atoms with van der Waals surface area (Å²) in [5.41, 5.74) is 0. The molecule has 1 saturated heterocycles. The molecule has 118 valence electrons. The molecule has 22 heavy (non-hydrogen) atoms. The molecule has 0 saturated carbocycles. The smallest absolute Gasteiger partial charge is 0.264 e. The highest BCUT2D eigenvalue weighted by molar-refractivity contribution is 7.91. The molecule has 1 fully saturated rings. The van der Waals surface area contributed by atoms with E-state index < -0.39 is 15.1 Å². The van der Waals surface area contributed by atoms with Crippen LogP contribution in [0.5, 0.6) is 0 Å². The molecule has 0 aliphatic carbocycles. The molecule has 1 unspecified atom stereocenters. The molecule has 1 atom stereocenters. The third-order valence-electron chi connectivity index (χ3n) is 3.67. The fourth-order valence-electron chi connectivity index (χ4n) is 2.53. The number of rotatable bonds is 2. The summed E-state index contributed by atoms with van der Waals surface area (Å²) in [6.07, 6.45) is 0.438. The van der Waals surface area contributed by atoms with Gasteiger partial charge < -0.3 is 4.90 Å². The van der Waals surface area contributed by atoms with Crippen LogP contribution in [0.4, 0.5) is 0 Å². The topological polar surface area (TPSA) is 54.5 Å². The summed E-state index contributed by atoms with van der Waals surface area (Å²) in [7, 11) is -3.23. The van der Waals surface area contributed by atoms with Gasteiger partial charge in [0.25, 0.3) is 5.91 Å². The number of carbonyl (C=O) groups is 1. The number of sulfone groups is 1. The standard InChI is InChI=1S/C14H14ClNO3S3/c15-13-4-3-11(21-13)14(17)16-6-5-12(10-2-1-8-20-10)22(18,19)9-7-16/h1-4,8,12H,5-7,9H2. The van der Waals surface area contributed by atoms with Crippen LogP contribution in [0.15, 0.2) is 29.6 Å². The molecular formula is C14H14ClNO3S3. The van der Waals surface area contributed by atoms with Crippen molar-refractivity contribution in [3.63, 3.8) is 0 Å². The Bertz CT molecular complexity index is 767. The average molecular weight is 376 g/mol. The molecule has 3 heterocycles. The minimum atomic E-state index is -3.23. The van der Waals surface area contributed by atoms with E-state index in [9.17, 15) is 13.2 Å². The molecule has 2 aromatic rings. The Labute approximate surface area is 142 Å². The van der Waals surface area contributed by atoms with Crippen molar-refractivity contribution in [3.8, 4) is 0 Å². The zero-order valence-corrected chi connectivity index (χ0v) is 14.8. The molecule has 1 amide bonds. The van der Waals surface area contributed by atoms with Gasteiger partial charge in [-0.15, -0.1) is 22.7 Å². The van der Waals surface area contributed by atoms with Gasteiger partial charge in [-0.3, -0.25) is 4.79 Å². The molecule has 1 aliphatic rings. The minimum Gasteiger partial charge on any atom is -0.337 e. The van der Waals surface area contributed by atoms with E-state index in [2.05, 4.69) is 0 Å². The molecule has 8 heteroatoms. The van der Waals surface area contributed by atoms with Gasteiger partial charge in [-0.25, -0.2) is 8.42 Å². The monoisotopic (exact) mass is 375 g/mol. The van der Waals surface area contributed by atoms with Crippen LogP contribution >= 0.6 is 34.3 Å². The molecule has 4 nitrogen and oxygen atoms in total. The van der Waals surface area contributed by atoms with Crippen LogP contribution in [0.2, 0.25) is 4.34 Å². The van der Waals surface area contributed by atoms with Crippen molar-refractivity contribution in [1.82, 2.24) is 4.90 Å². The van der Waals surface area contributed by atoms with Crippen molar-refractivity contribution in [1.29, 1.82) is 0 Å². The highest BCUT2D eigenvalue weighted by Crippen LogP contribution is 2.33. The lowest BCUT2D eigenvalue weighted by Gasteiger charge is -2.18. The normalized spacial score (nSPS) is 21.5. The summed E-state index contributed by atoms with van der Waals surface area (Å²) in [6, 6.07) is 7.08. The zero-order chi connectivity index (χ0) is 15.7. The second-order valence-corrected chi connectivity index (χ2v) is 10.1. The molecule has 0 spiro atoms. The number of carbonyl (C=O) groups excluding carboxylic acids is 1. The summed E-state index contributed by atoms with van der Waals surface area (Å²) in [4.78, 5) is 15.5. The van der Waals surface area contributed by atoms with E-state index in [0.29, 0.717) is 22.2 Å². The number of amides is 1. The SMILES string of the molecule is O=C(c1ccc(Cl)s1)N1CCC(c2cccs2)S(=O)(=O)CC1. The molecule has 0 bridgehead atoms. The second-order valence-electron chi connectivity index (χ2n) is 5.06. The van der Waals surface area contributed by atoms with E-state index in [4.69, 9.17) is 11.6 Å². The predicted molar refractivity (Wildman–Crippen MR) is 90.7 cm³/mol. The van der Waals surface area contributed by atoms with E-state index >= 15 is 0 Å². The number of nitrogens with zero attached hydrogens (tertiary/aromatic N) is 1. The average Bonchev–Trinajstić information content (AvgIpc) is 3.10. The van der Waals surface area contributed by atoms with Crippen molar-refractivity contribution in [2.45, 2.75) is 11.7 Å². The number of hydrogen-bond acceptors (Lipinski definition) is 5. The van der Waals surface area contributed by atoms with Crippen LogP contribution in [0.3, 0.4) is 0 Å². The Hall–Kier alpha value is -0.890. The van der Waals surface area contributed by atoms with E-state index in [0.717, 1.165) is 4.88 Å². The highest BCUT2D eigenvalue weighted by atomic mass is 35.5. The van der Waals surface area contributed by atoms with Crippen LogP contribution in [-0.2, 0) is 9.84 Å². The molecule has 2 aromatic heterocycles. The Morgan fingerprint density at radius 1 is 1.27 bits per heavy atom. The summed E-state index contributed by atoms with van der Waals surface area (Å²) in [6.45, 7) is 0.675. The lowest BCUT2D eigenvalue weighted by molar-refractivity contribution is 0.0771. The predicted octanol–water partition coefficient (Wildman–Crippen LogP) is 3.47. The second kappa shape index (κ2) is 6.31. The van der Waals surface area contributed by atoms with E-state index in [1.54, 1.807) is 17.0 Å². The van der Waals surface area contributed by atoms with E-state index in [1.165, 1.54) is 22.7 Å². The van der Waals surface area contributed by atoms with Gasteiger partial charge in [0.1, 0.15) is 0 Å².